The van der Waals surface area contributed by atoms with Crippen LogP contribution in [0.1, 0.15) is 48.0 Å². The van der Waals surface area contributed by atoms with Gasteiger partial charge in [0.1, 0.15) is 0 Å². The lowest BCUT2D eigenvalue weighted by Crippen LogP contribution is -2.59. The minimum atomic E-state index is -1.04. The summed E-state index contributed by atoms with van der Waals surface area (Å²) >= 11 is 0. The summed E-state index contributed by atoms with van der Waals surface area (Å²) in [5, 5.41) is 14.8. The largest absolute Gasteiger partial charge is 0.481 e. The van der Waals surface area contributed by atoms with Crippen LogP contribution < -0.4 is 10.6 Å². The summed E-state index contributed by atoms with van der Waals surface area (Å²) in [6.07, 6.45) is 0.961. The van der Waals surface area contributed by atoms with E-state index in [1.54, 1.807) is 27.7 Å². The highest BCUT2D eigenvalue weighted by Crippen LogP contribution is 2.44. The lowest BCUT2D eigenvalue weighted by Gasteiger charge is -2.38. The number of urea groups is 1. The summed E-state index contributed by atoms with van der Waals surface area (Å²) in [5.41, 5.74) is -1.71. The Balaban J connectivity index is 2.61. The first kappa shape index (κ1) is 14.8. The van der Waals surface area contributed by atoms with Crippen molar-refractivity contribution in [2.24, 2.45) is 10.8 Å². The third-order valence-corrected chi connectivity index (χ3v) is 4.34. The molecule has 0 heterocycles. The van der Waals surface area contributed by atoms with Gasteiger partial charge in [-0.1, -0.05) is 13.8 Å². The number of carbonyl (C=O) groups excluding carboxylic acids is 1. The number of amides is 2. The van der Waals surface area contributed by atoms with E-state index < -0.39 is 16.9 Å². The van der Waals surface area contributed by atoms with Gasteiger partial charge in [-0.2, -0.15) is 0 Å². The molecule has 5 heteroatoms. The maximum absolute atomic E-state index is 11.9. The summed E-state index contributed by atoms with van der Waals surface area (Å²) in [6.45, 7) is 10.8. The van der Waals surface area contributed by atoms with Crippen LogP contribution in [-0.4, -0.2) is 28.7 Å². The Labute approximate surface area is 108 Å². The Hall–Kier alpha value is -1.26. The summed E-state index contributed by atoms with van der Waals surface area (Å²) in [6, 6.07) is -0.119. The lowest BCUT2D eigenvalue weighted by molar-refractivity contribution is -0.150. The fraction of sp³-hybridized carbons (Fsp3) is 0.846. The smallest absolute Gasteiger partial charge is 0.315 e. The van der Waals surface area contributed by atoms with Crippen molar-refractivity contribution < 1.29 is 14.7 Å². The topological polar surface area (TPSA) is 78.4 Å². The number of carboxylic acid groups (broad SMARTS) is 1. The average molecular weight is 256 g/mol. The normalized spacial score (nSPS) is 22.2. The third-order valence-electron chi connectivity index (χ3n) is 4.34. The zero-order valence-corrected chi connectivity index (χ0v) is 12.0. The van der Waals surface area contributed by atoms with Gasteiger partial charge in [0.25, 0.3) is 0 Å². The number of carbonyl (C=O) groups is 2. The number of carboxylic acids is 1. The molecule has 0 aromatic rings. The van der Waals surface area contributed by atoms with E-state index in [-0.39, 0.29) is 17.5 Å². The van der Waals surface area contributed by atoms with Gasteiger partial charge in [0.15, 0.2) is 0 Å². The number of nitrogens with one attached hydrogen (secondary N) is 2. The van der Waals surface area contributed by atoms with Crippen molar-refractivity contribution >= 4 is 12.0 Å². The first-order valence-electron chi connectivity index (χ1n) is 6.22. The Kier molecular flexibility index (Phi) is 3.40. The van der Waals surface area contributed by atoms with Crippen LogP contribution in [0.3, 0.4) is 0 Å². The fourth-order valence-corrected chi connectivity index (χ4v) is 1.62. The van der Waals surface area contributed by atoms with Crippen LogP contribution in [0.4, 0.5) is 4.79 Å². The Morgan fingerprint density at radius 3 is 2.00 bits per heavy atom. The monoisotopic (exact) mass is 256 g/mol. The Morgan fingerprint density at radius 1 is 1.22 bits per heavy atom. The van der Waals surface area contributed by atoms with Gasteiger partial charge in [0, 0.05) is 6.04 Å². The van der Waals surface area contributed by atoms with Crippen LogP contribution in [0, 0.1) is 10.8 Å². The SMILES string of the molecule is CC1(C)CC1NC(=O)NC(C)(C)C(C)(C)C(=O)O. The molecule has 5 nitrogen and oxygen atoms in total. The van der Waals surface area contributed by atoms with Gasteiger partial charge >= 0.3 is 12.0 Å². The van der Waals surface area contributed by atoms with E-state index in [1.165, 1.54) is 0 Å². The molecule has 0 aromatic heterocycles. The molecule has 0 spiro atoms. The van der Waals surface area contributed by atoms with Gasteiger partial charge in [0.2, 0.25) is 0 Å². The minimum absolute atomic E-state index is 0.157. The molecule has 1 aliphatic rings. The van der Waals surface area contributed by atoms with E-state index in [1.807, 2.05) is 0 Å². The van der Waals surface area contributed by atoms with E-state index in [0.717, 1.165) is 6.42 Å². The quantitative estimate of drug-likeness (QED) is 0.719. The highest BCUT2D eigenvalue weighted by molar-refractivity contribution is 5.80. The molecular weight excluding hydrogens is 232 g/mol. The predicted octanol–water partition coefficient (Wildman–Crippen LogP) is 1.97. The van der Waals surface area contributed by atoms with Crippen molar-refractivity contribution in [1.82, 2.24) is 10.6 Å². The van der Waals surface area contributed by atoms with Crippen molar-refractivity contribution in [2.75, 3.05) is 0 Å². The molecule has 18 heavy (non-hydrogen) atoms. The Morgan fingerprint density at radius 2 is 1.67 bits per heavy atom. The van der Waals surface area contributed by atoms with Gasteiger partial charge in [-0.3, -0.25) is 4.79 Å². The summed E-state index contributed by atoms with van der Waals surface area (Å²) < 4.78 is 0. The highest BCUT2D eigenvalue weighted by atomic mass is 16.4. The molecule has 104 valence electrons. The molecule has 0 bridgehead atoms. The molecule has 3 N–H and O–H groups in total. The third kappa shape index (κ3) is 2.76. The minimum Gasteiger partial charge on any atom is -0.481 e. The van der Waals surface area contributed by atoms with Gasteiger partial charge < -0.3 is 15.7 Å². The van der Waals surface area contributed by atoms with Crippen molar-refractivity contribution in [1.29, 1.82) is 0 Å². The van der Waals surface area contributed by atoms with Crippen LogP contribution in [0.2, 0.25) is 0 Å². The Bertz CT molecular complexity index is 372. The highest BCUT2D eigenvalue weighted by Gasteiger charge is 2.48. The predicted molar refractivity (Wildman–Crippen MR) is 69.3 cm³/mol. The first-order valence-corrected chi connectivity index (χ1v) is 6.22. The number of aliphatic carboxylic acids is 1. The van der Waals surface area contributed by atoms with Gasteiger partial charge in [0.05, 0.1) is 11.0 Å². The van der Waals surface area contributed by atoms with Crippen LogP contribution in [0.25, 0.3) is 0 Å². The second kappa shape index (κ2) is 4.14. The number of rotatable bonds is 4. The molecule has 1 atom stereocenters. The molecule has 1 saturated carbocycles. The van der Waals surface area contributed by atoms with Gasteiger partial charge in [-0.15, -0.1) is 0 Å². The van der Waals surface area contributed by atoms with Crippen molar-refractivity contribution in [3.05, 3.63) is 0 Å². The van der Waals surface area contributed by atoms with E-state index in [0.29, 0.717) is 0 Å². The van der Waals surface area contributed by atoms with Crippen molar-refractivity contribution in [3.63, 3.8) is 0 Å². The molecule has 0 radical (unpaired) electrons. The zero-order chi connectivity index (χ0) is 14.4. The van der Waals surface area contributed by atoms with Gasteiger partial charge in [-0.05, 0) is 39.5 Å². The standard InChI is InChI=1S/C13H24N2O3/c1-11(2)7-8(11)14-10(18)15-13(5,6)12(3,4)9(16)17/h8H,7H2,1-6H3,(H,16,17)(H2,14,15,18). The second-order valence-corrected chi connectivity index (χ2v) is 6.90. The maximum atomic E-state index is 11.9. The summed E-state index contributed by atoms with van der Waals surface area (Å²) in [5.74, 6) is -0.931. The second-order valence-electron chi connectivity index (χ2n) is 6.90. The van der Waals surface area contributed by atoms with E-state index in [2.05, 4.69) is 24.5 Å². The van der Waals surface area contributed by atoms with E-state index >= 15 is 0 Å². The van der Waals surface area contributed by atoms with Gasteiger partial charge in [-0.25, -0.2) is 4.79 Å². The molecular formula is C13H24N2O3. The number of hydrogen-bond donors (Lipinski definition) is 3. The molecule has 2 amide bonds. The van der Waals surface area contributed by atoms with Crippen LogP contribution in [-0.2, 0) is 4.79 Å². The zero-order valence-electron chi connectivity index (χ0n) is 12.0. The molecule has 1 unspecified atom stereocenters. The first-order chi connectivity index (χ1) is 7.90. The van der Waals surface area contributed by atoms with E-state index in [4.69, 9.17) is 0 Å². The number of hydrogen-bond acceptors (Lipinski definition) is 2. The summed E-state index contributed by atoms with van der Waals surface area (Å²) in [7, 11) is 0. The molecule has 0 aliphatic heterocycles. The summed E-state index contributed by atoms with van der Waals surface area (Å²) in [4.78, 5) is 23.1. The molecule has 1 rings (SSSR count). The average Bonchev–Trinajstić information content (AvgIpc) is 2.71. The van der Waals surface area contributed by atoms with Crippen molar-refractivity contribution in [3.8, 4) is 0 Å². The fourth-order valence-electron chi connectivity index (χ4n) is 1.62. The molecule has 1 fully saturated rings. The van der Waals surface area contributed by atoms with Crippen LogP contribution >= 0.6 is 0 Å². The van der Waals surface area contributed by atoms with E-state index in [9.17, 15) is 14.7 Å². The van der Waals surface area contributed by atoms with Crippen LogP contribution in [0.15, 0.2) is 0 Å². The molecule has 1 aliphatic carbocycles. The molecule has 0 saturated heterocycles. The van der Waals surface area contributed by atoms with Crippen LogP contribution in [0.5, 0.6) is 0 Å². The maximum Gasteiger partial charge on any atom is 0.315 e. The lowest BCUT2D eigenvalue weighted by atomic mass is 9.74. The molecule has 0 aromatic carbocycles. The van der Waals surface area contributed by atoms with Crippen molar-refractivity contribution in [2.45, 2.75) is 59.5 Å².